The van der Waals surface area contributed by atoms with Crippen molar-refractivity contribution in [1.82, 2.24) is 5.32 Å². The molecule has 2 aliphatic heterocycles. The molecule has 2 aliphatic rings. The minimum atomic E-state index is -0.579. The molecule has 0 bridgehead atoms. The molecule has 1 amide bonds. The zero-order valence-electron chi connectivity index (χ0n) is 16.9. The van der Waals surface area contributed by atoms with Gasteiger partial charge in [0.05, 0.1) is 13.2 Å². The predicted octanol–water partition coefficient (Wildman–Crippen LogP) is 4.50. The summed E-state index contributed by atoms with van der Waals surface area (Å²) in [4.78, 5) is 14.6. The molecule has 146 valence electrons. The van der Waals surface area contributed by atoms with Crippen molar-refractivity contribution in [3.05, 3.63) is 65.7 Å². The highest BCUT2D eigenvalue weighted by Gasteiger charge is 2.59. The molecule has 1 saturated heterocycles. The highest BCUT2D eigenvalue weighted by Crippen LogP contribution is 2.52. The summed E-state index contributed by atoms with van der Waals surface area (Å²) in [7, 11) is 0. The number of anilines is 1. The lowest BCUT2D eigenvalue weighted by Crippen LogP contribution is -2.58. The molecule has 4 nitrogen and oxygen atoms in total. The second-order valence-electron chi connectivity index (χ2n) is 8.12. The Balaban J connectivity index is 1.72. The molecule has 2 aromatic carbocycles. The lowest BCUT2D eigenvalue weighted by Gasteiger charge is -2.40. The Morgan fingerprint density at radius 2 is 1.89 bits per heavy atom. The molecule has 0 aliphatic carbocycles. The predicted molar refractivity (Wildman–Crippen MR) is 114 cm³/mol. The van der Waals surface area contributed by atoms with Crippen molar-refractivity contribution in [3.63, 3.8) is 0 Å². The lowest BCUT2D eigenvalue weighted by atomic mass is 9.75. The number of rotatable bonds is 6. The highest BCUT2D eigenvalue weighted by molar-refractivity contribution is 5.91. The summed E-state index contributed by atoms with van der Waals surface area (Å²) < 4.78 is 5.98. The van der Waals surface area contributed by atoms with Gasteiger partial charge in [-0.15, -0.1) is 0 Å². The number of fused-ring (bicyclic) bond motifs is 3. The van der Waals surface area contributed by atoms with Crippen LogP contribution in [-0.2, 0) is 10.2 Å². The summed E-state index contributed by atoms with van der Waals surface area (Å²) in [5.74, 6) is 0.937. The van der Waals surface area contributed by atoms with Gasteiger partial charge in [0.15, 0.2) is 0 Å². The minimum absolute atomic E-state index is 0.0553. The van der Waals surface area contributed by atoms with Crippen LogP contribution < -0.4 is 15.0 Å². The van der Waals surface area contributed by atoms with Crippen LogP contribution in [-0.4, -0.2) is 24.7 Å². The smallest absolute Gasteiger partial charge is 0.241 e. The Morgan fingerprint density at radius 1 is 1.14 bits per heavy atom. The Labute approximate surface area is 167 Å². The molecule has 0 aromatic heterocycles. The van der Waals surface area contributed by atoms with Crippen LogP contribution in [0.1, 0.15) is 44.7 Å². The number of carbonyl (C=O) groups is 1. The Bertz CT molecular complexity index is 918. The fraction of sp³-hybridized carbons (Fsp3) is 0.375. The maximum absolute atomic E-state index is 12.4. The third kappa shape index (κ3) is 2.79. The van der Waals surface area contributed by atoms with Crippen LogP contribution in [0, 0.1) is 0 Å². The average molecular weight is 377 g/mol. The maximum atomic E-state index is 12.4. The molecule has 1 atom stereocenters. The second kappa shape index (κ2) is 7.01. The first kappa shape index (κ1) is 18.6. The number of carbonyl (C=O) groups excluding carboxylic acids is 1. The number of unbranched alkanes of at least 4 members (excludes halogenated alkanes) is 1. The average Bonchev–Trinajstić information content (AvgIpc) is 3.12. The van der Waals surface area contributed by atoms with E-state index in [1.54, 1.807) is 0 Å². The van der Waals surface area contributed by atoms with Crippen LogP contribution in [0.3, 0.4) is 0 Å². The van der Waals surface area contributed by atoms with Crippen molar-refractivity contribution in [3.8, 4) is 5.75 Å². The van der Waals surface area contributed by atoms with Crippen molar-refractivity contribution in [2.24, 2.45) is 0 Å². The Hall–Kier alpha value is -2.75. The highest BCUT2D eigenvalue weighted by atomic mass is 16.5. The van der Waals surface area contributed by atoms with Crippen LogP contribution in [0.25, 0.3) is 6.08 Å². The first-order valence-corrected chi connectivity index (χ1v) is 10.1. The molecule has 1 fully saturated rings. The second-order valence-corrected chi connectivity index (χ2v) is 8.12. The summed E-state index contributed by atoms with van der Waals surface area (Å²) in [6.07, 6.45) is 6.37. The van der Waals surface area contributed by atoms with E-state index in [0.29, 0.717) is 13.2 Å². The molecule has 1 N–H and O–H groups in total. The normalized spacial score (nSPS) is 22.2. The number of hydrogen-bond acceptors (Lipinski definition) is 3. The van der Waals surface area contributed by atoms with Gasteiger partial charge in [-0.2, -0.15) is 0 Å². The van der Waals surface area contributed by atoms with E-state index < -0.39 is 5.66 Å². The first-order chi connectivity index (χ1) is 13.5. The number of nitrogens with one attached hydrogen (secondary N) is 1. The summed E-state index contributed by atoms with van der Waals surface area (Å²) in [5, 5.41) is 3.27. The molecular weight excluding hydrogens is 348 g/mol. The van der Waals surface area contributed by atoms with E-state index in [1.165, 1.54) is 5.56 Å². The van der Waals surface area contributed by atoms with Gasteiger partial charge in [0, 0.05) is 16.7 Å². The Kier molecular flexibility index (Phi) is 4.66. The first-order valence-electron chi connectivity index (χ1n) is 10.1. The van der Waals surface area contributed by atoms with Crippen LogP contribution in [0.2, 0.25) is 0 Å². The fourth-order valence-electron chi connectivity index (χ4n) is 4.43. The molecule has 0 spiro atoms. The number of benzene rings is 2. The number of nitrogens with zero attached hydrogens (tertiary/aromatic N) is 1. The number of amides is 1. The Morgan fingerprint density at radius 3 is 2.71 bits per heavy atom. The van der Waals surface area contributed by atoms with Gasteiger partial charge in [-0.1, -0.05) is 69.7 Å². The molecule has 2 heterocycles. The van der Waals surface area contributed by atoms with E-state index in [4.69, 9.17) is 4.74 Å². The van der Waals surface area contributed by atoms with E-state index in [1.807, 2.05) is 24.3 Å². The molecule has 2 aromatic rings. The molecule has 4 rings (SSSR count). The van der Waals surface area contributed by atoms with Crippen LogP contribution >= 0.6 is 0 Å². The van der Waals surface area contributed by atoms with Gasteiger partial charge in [0.2, 0.25) is 5.91 Å². The molecule has 28 heavy (non-hydrogen) atoms. The van der Waals surface area contributed by atoms with Crippen molar-refractivity contribution < 1.29 is 9.53 Å². The van der Waals surface area contributed by atoms with Crippen LogP contribution in [0.15, 0.2) is 54.6 Å². The molecule has 0 radical (unpaired) electrons. The van der Waals surface area contributed by atoms with Gasteiger partial charge in [-0.25, -0.2) is 0 Å². The van der Waals surface area contributed by atoms with E-state index in [0.717, 1.165) is 29.8 Å². The quantitative estimate of drug-likeness (QED) is 0.755. The molecular formula is C24H28N2O2. The van der Waals surface area contributed by atoms with Gasteiger partial charge in [0.25, 0.3) is 0 Å². The van der Waals surface area contributed by atoms with Crippen molar-refractivity contribution >= 4 is 17.7 Å². The van der Waals surface area contributed by atoms with Gasteiger partial charge in [0.1, 0.15) is 11.4 Å². The van der Waals surface area contributed by atoms with E-state index in [9.17, 15) is 4.79 Å². The van der Waals surface area contributed by atoms with Gasteiger partial charge >= 0.3 is 0 Å². The van der Waals surface area contributed by atoms with E-state index in [2.05, 4.69) is 67.4 Å². The topological polar surface area (TPSA) is 41.6 Å². The van der Waals surface area contributed by atoms with Crippen LogP contribution in [0.5, 0.6) is 5.75 Å². The van der Waals surface area contributed by atoms with Crippen molar-refractivity contribution in [2.75, 3.05) is 18.1 Å². The standard InChI is InChI=1S/C24H28N2O2/c1-4-5-16-28-21-13-9-6-10-18(21)14-15-24-23(2,3)19-11-7-8-12-20(19)26(24)17-22(27)25-24/h6-15H,4-5,16-17H2,1-3H3,(H,25,27)/b15-14+/t24-/m1/s1. The molecule has 4 heteroatoms. The largest absolute Gasteiger partial charge is 0.493 e. The van der Waals surface area contributed by atoms with Crippen molar-refractivity contribution in [2.45, 2.75) is 44.7 Å². The van der Waals surface area contributed by atoms with Gasteiger partial charge < -0.3 is 15.0 Å². The third-order valence-corrected chi connectivity index (χ3v) is 6.06. The zero-order chi connectivity index (χ0) is 19.8. The third-order valence-electron chi connectivity index (χ3n) is 6.06. The fourth-order valence-corrected chi connectivity index (χ4v) is 4.43. The summed E-state index contributed by atoms with van der Waals surface area (Å²) in [5.41, 5.74) is 2.57. The van der Waals surface area contributed by atoms with Gasteiger partial charge in [-0.05, 0) is 30.2 Å². The molecule has 0 saturated carbocycles. The maximum Gasteiger partial charge on any atom is 0.241 e. The SMILES string of the molecule is CCCCOc1ccccc1/C=C/[C@@]12NC(=O)CN1c1ccccc1C2(C)C. The number of para-hydroxylation sites is 2. The van der Waals surface area contributed by atoms with Gasteiger partial charge in [-0.3, -0.25) is 4.79 Å². The van der Waals surface area contributed by atoms with E-state index >= 15 is 0 Å². The lowest BCUT2D eigenvalue weighted by molar-refractivity contribution is -0.118. The minimum Gasteiger partial charge on any atom is -0.493 e. The number of ether oxygens (including phenoxy) is 1. The van der Waals surface area contributed by atoms with E-state index in [-0.39, 0.29) is 11.3 Å². The number of hydrogen-bond donors (Lipinski definition) is 1. The van der Waals surface area contributed by atoms with Crippen LogP contribution in [0.4, 0.5) is 5.69 Å². The monoisotopic (exact) mass is 376 g/mol. The zero-order valence-corrected chi connectivity index (χ0v) is 16.9. The summed E-state index contributed by atoms with van der Waals surface area (Å²) >= 11 is 0. The summed E-state index contributed by atoms with van der Waals surface area (Å²) in [6.45, 7) is 7.65. The molecule has 0 unspecified atom stereocenters. The summed E-state index contributed by atoms with van der Waals surface area (Å²) in [6, 6.07) is 16.5. The van der Waals surface area contributed by atoms with Crippen molar-refractivity contribution in [1.29, 1.82) is 0 Å².